The molecular weight excluding hydrogens is 778 g/mol. The molecule has 0 aliphatic carbocycles. The van der Waals surface area contributed by atoms with Crippen molar-refractivity contribution < 1.29 is 56.0 Å². The standard InChI is InChI=1S/C26H31F2N9O11P2S2/c1-29-4-2-3-14(38)35-21-17-23(32-8-30-21)37(10-34-17)25-16(28)19-13(46-25)7-44-50(42,52)48-20-18(39)12(6-43-49(41,51)47-19)45-26(20)36-5-11(27)15-22(36)31-9-33-24(15)40/h5,8-10,12-13,16,18-20,25-26,29,39H,2-4,6-7H2,1H3,(H,41,51)(H,42,52)(H,31,33,40)(H,30,32,35,38)/t12-,13-,16-,18-,19-,20-,25-,26?,49?,50?/m1/s1. The van der Waals surface area contributed by atoms with Crippen molar-refractivity contribution in [1.82, 2.24) is 39.4 Å². The fraction of sp³-hybridized carbons (Fsp3) is 0.538. The van der Waals surface area contributed by atoms with Crippen molar-refractivity contribution in [2.75, 3.05) is 32.1 Å². The normalized spacial score (nSPS) is 34.1. The minimum atomic E-state index is -4.37. The third kappa shape index (κ3) is 7.33. The van der Waals surface area contributed by atoms with Crippen LogP contribution in [0.4, 0.5) is 14.6 Å². The number of imidazole rings is 1. The summed E-state index contributed by atoms with van der Waals surface area (Å²) in [5, 5.41) is 16.4. The summed E-state index contributed by atoms with van der Waals surface area (Å²) in [5.74, 6) is -1.20. The number of carbonyl (C=O) groups excluding carboxylic acids is 1. The Hall–Kier alpha value is -2.80. The third-order valence-electron chi connectivity index (χ3n) is 8.46. The molecule has 3 saturated heterocycles. The lowest BCUT2D eigenvalue weighted by Crippen LogP contribution is -2.35. The molecule has 2 bridgehead atoms. The number of halogens is 2. The Labute approximate surface area is 301 Å². The van der Waals surface area contributed by atoms with Crippen molar-refractivity contribution in [3.05, 3.63) is 41.3 Å². The average Bonchev–Trinajstić information content (AvgIpc) is 3.83. The number of nitrogens with one attached hydrogen (secondary N) is 3. The fourth-order valence-electron chi connectivity index (χ4n) is 6.07. The highest BCUT2D eigenvalue weighted by Crippen LogP contribution is 2.54. The molecule has 1 amide bonds. The second-order valence-corrected chi connectivity index (χ2v) is 17.4. The molecule has 7 heterocycles. The molecule has 10 atom stereocenters. The predicted octanol–water partition coefficient (Wildman–Crippen LogP) is 0.386. The van der Waals surface area contributed by atoms with Gasteiger partial charge in [-0.2, -0.15) is 0 Å². The molecule has 3 aliphatic rings. The minimum Gasteiger partial charge on any atom is -0.387 e. The number of aliphatic hydroxyl groups is 1. The number of carbonyl (C=O) groups is 1. The van der Waals surface area contributed by atoms with Gasteiger partial charge in [-0.25, -0.2) is 28.7 Å². The van der Waals surface area contributed by atoms with E-state index in [-0.39, 0.29) is 35.0 Å². The van der Waals surface area contributed by atoms with Crippen LogP contribution < -0.4 is 16.2 Å². The van der Waals surface area contributed by atoms with E-state index in [0.29, 0.717) is 13.0 Å². The van der Waals surface area contributed by atoms with Gasteiger partial charge >= 0.3 is 13.4 Å². The number of hydrogen-bond donors (Lipinski definition) is 6. The first-order valence-electron chi connectivity index (χ1n) is 15.6. The van der Waals surface area contributed by atoms with Crippen LogP contribution in [-0.4, -0.2) is 118 Å². The fourth-order valence-corrected chi connectivity index (χ4v) is 8.92. The van der Waals surface area contributed by atoms with Gasteiger partial charge in [0, 0.05) is 12.6 Å². The van der Waals surface area contributed by atoms with Crippen molar-refractivity contribution in [3.8, 4) is 0 Å². The van der Waals surface area contributed by atoms with E-state index < -0.39 is 92.6 Å². The highest BCUT2D eigenvalue weighted by molar-refractivity contribution is 8.07. The molecule has 282 valence electrons. The van der Waals surface area contributed by atoms with E-state index in [2.05, 4.69) is 35.6 Å². The van der Waals surface area contributed by atoms with Crippen LogP contribution in [0.5, 0.6) is 0 Å². The molecule has 0 aromatic carbocycles. The number of nitrogens with zero attached hydrogens (tertiary/aromatic N) is 6. The van der Waals surface area contributed by atoms with E-state index in [1.54, 1.807) is 7.05 Å². The van der Waals surface area contributed by atoms with Crippen LogP contribution in [0.15, 0.2) is 30.0 Å². The number of fused-ring (bicyclic) bond motifs is 5. The van der Waals surface area contributed by atoms with Gasteiger partial charge in [0.25, 0.3) is 5.56 Å². The number of amides is 1. The number of hydrogen-bond acceptors (Lipinski definition) is 16. The minimum absolute atomic E-state index is 0.0809. The Balaban J connectivity index is 1.15. The van der Waals surface area contributed by atoms with Crippen LogP contribution in [0.1, 0.15) is 25.3 Å². The number of aromatic nitrogens is 7. The van der Waals surface area contributed by atoms with Gasteiger partial charge in [0.1, 0.15) is 42.2 Å². The summed E-state index contributed by atoms with van der Waals surface area (Å²) in [6.07, 6.45) is -7.69. The van der Waals surface area contributed by atoms with Gasteiger partial charge in [0.2, 0.25) is 5.91 Å². The second kappa shape index (κ2) is 14.8. The molecule has 0 spiro atoms. The van der Waals surface area contributed by atoms with Gasteiger partial charge in [-0.1, -0.05) is 0 Å². The Bertz CT molecular complexity index is 2150. The lowest BCUT2D eigenvalue weighted by Gasteiger charge is -2.28. The van der Waals surface area contributed by atoms with Crippen LogP contribution in [0, 0.1) is 5.82 Å². The highest BCUT2D eigenvalue weighted by atomic mass is 32.5. The summed E-state index contributed by atoms with van der Waals surface area (Å²) in [5.41, 5.74) is -0.760. The molecule has 3 aliphatic heterocycles. The number of alkyl halides is 1. The molecule has 3 unspecified atom stereocenters. The first kappa shape index (κ1) is 37.5. The summed E-state index contributed by atoms with van der Waals surface area (Å²) in [6, 6.07) is 0. The Kier molecular flexibility index (Phi) is 10.7. The van der Waals surface area contributed by atoms with Crippen LogP contribution in [0.2, 0.25) is 0 Å². The summed E-state index contributed by atoms with van der Waals surface area (Å²) in [6.45, 7) is -9.43. The molecule has 0 saturated carbocycles. The van der Waals surface area contributed by atoms with Gasteiger partial charge in [-0.15, -0.1) is 0 Å². The monoisotopic (exact) mass is 809 g/mol. The van der Waals surface area contributed by atoms with Crippen molar-refractivity contribution in [2.45, 2.75) is 62.0 Å². The van der Waals surface area contributed by atoms with E-state index in [1.165, 1.54) is 10.9 Å². The van der Waals surface area contributed by atoms with E-state index in [4.69, 9.17) is 51.2 Å². The largest absolute Gasteiger partial charge is 0.387 e. The lowest BCUT2D eigenvalue weighted by atomic mass is 10.1. The third-order valence-corrected chi connectivity index (χ3v) is 11.6. The molecule has 6 N–H and O–H groups in total. The van der Waals surface area contributed by atoms with Crippen molar-refractivity contribution in [1.29, 1.82) is 0 Å². The van der Waals surface area contributed by atoms with Crippen LogP contribution in [0.25, 0.3) is 22.2 Å². The smallest absolute Gasteiger partial charge is 0.325 e. The quantitative estimate of drug-likeness (QED) is 0.109. The summed E-state index contributed by atoms with van der Waals surface area (Å²) in [4.78, 5) is 65.8. The molecule has 26 heteroatoms. The molecule has 3 fully saturated rings. The number of H-pyrrole nitrogens is 1. The van der Waals surface area contributed by atoms with E-state index in [0.717, 1.165) is 23.4 Å². The molecule has 0 radical (unpaired) electrons. The zero-order chi connectivity index (χ0) is 36.9. The summed E-state index contributed by atoms with van der Waals surface area (Å²) >= 11 is 10.4. The number of anilines is 1. The number of rotatable bonds is 7. The topological polar surface area (TPSA) is 251 Å². The predicted molar refractivity (Wildman–Crippen MR) is 181 cm³/mol. The van der Waals surface area contributed by atoms with Gasteiger partial charge in [0.05, 0.1) is 25.9 Å². The maximum Gasteiger partial charge on any atom is 0.325 e. The van der Waals surface area contributed by atoms with Crippen LogP contribution >= 0.6 is 13.4 Å². The zero-order valence-corrected chi connectivity index (χ0v) is 30.1. The maximum atomic E-state index is 16.3. The zero-order valence-electron chi connectivity index (χ0n) is 26.7. The van der Waals surface area contributed by atoms with Crippen molar-refractivity contribution >= 4 is 71.0 Å². The molecule has 7 rings (SSSR count). The Morgan fingerprint density at radius 1 is 1.04 bits per heavy atom. The van der Waals surface area contributed by atoms with Crippen LogP contribution in [0.3, 0.4) is 0 Å². The van der Waals surface area contributed by atoms with Crippen molar-refractivity contribution in [2.24, 2.45) is 0 Å². The molecule has 4 aromatic rings. The van der Waals surface area contributed by atoms with E-state index in [9.17, 15) is 28.9 Å². The number of aromatic amines is 1. The highest BCUT2D eigenvalue weighted by Gasteiger charge is 2.53. The average molecular weight is 810 g/mol. The Morgan fingerprint density at radius 2 is 1.75 bits per heavy atom. The summed E-state index contributed by atoms with van der Waals surface area (Å²) in [7, 11) is 1.77. The summed E-state index contributed by atoms with van der Waals surface area (Å²) < 4.78 is 67.7. The van der Waals surface area contributed by atoms with Gasteiger partial charge in [0.15, 0.2) is 47.1 Å². The van der Waals surface area contributed by atoms with Crippen molar-refractivity contribution in [3.63, 3.8) is 0 Å². The lowest BCUT2D eigenvalue weighted by molar-refractivity contribution is -0.116. The number of ether oxygens (including phenoxy) is 2. The molecule has 20 nitrogen and oxygen atoms in total. The molecule has 4 aromatic heterocycles. The van der Waals surface area contributed by atoms with E-state index >= 15 is 4.39 Å². The number of aliphatic hydroxyl groups excluding tert-OH is 1. The van der Waals surface area contributed by atoms with Gasteiger partial charge in [-0.05, 0) is 43.6 Å². The van der Waals surface area contributed by atoms with E-state index in [1.807, 2.05) is 0 Å². The molecule has 52 heavy (non-hydrogen) atoms. The Morgan fingerprint density at radius 3 is 2.50 bits per heavy atom. The van der Waals surface area contributed by atoms with Gasteiger partial charge in [-0.3, -0.25) is 23.2 Å². The first-order valence-corrected chi connectivity index (χ1v) is 20.8. The second-order valence-electron chi connectivity index (χ2n) is 11.9. The van der Waals surface area contributed by atoms with Crippen LogP contribution in [-0.2, 0) is 56.0 Å². The SMILES string of the molecule is CNCCCC(=O)Nc1ncnc2c1ncn2[C@@H]1O[C@@H]2COP(O)(=S)O[C@H]3C(n4cc(F)c5c(=O)[nH]cnc54)O[C@H](COP(O)(=S)O[C@H]2[C@H]1F)[C@H]3O. The van der Waals surface area contributed by atoms with Gasteiger partial charge < -0.3 is 53.6 Å². The first-order chi connectivity index (χ1) is 24.8. The maximum absolute atomic E-state index is 16.3. The molecular formula is C26H31F2N9O11P2S2.